The van der Waals surface area contributed by atoms with Gasteiger partial charge in [0.2, 0.25) is 5.91 Å². The summed E-state index contributed by atoms with van der Waals surface area (Å²) in [6.45, 7) is 4.41. The van der Waals surface area contributed by atoms with E-state index in [9.17, 15) is 9.59 Å². The molecule has 2 rings (SSSR count). The molecule has 0 spiro atoms. The van der Waals surface area contributed by atoms with Crippen LogP contribution in [0.5, 0.6) is 0 Å². The number of rotatable bonds is 2. The maximum Gasteiger partial charge on any atom is 0.316 e. The number of hydrogen-bond acceptors (Lipinski definition) is 2. The highest BCUT2D eigenvalue weighted by Gasteiger charge is 2.37. The average molecular weight is 233 g/mol. The average Bonchev–Trinajstić information content (AvgIpc) is 2.58. The molecule has 1 atom stereocenters. The van der Waals surface area contributed by atoms with Crippen molar-refractivity contribution in [3.8, 4) is 0 Å². The van der Waals surface area contributed by atoms with E-state index in [1.807, 2.05) is 32.0 Å². The first kappa shape index (κ1) is 11.6. The number of carboxylic acids is 1. The summed E-state index contributed by atoms with van der Waals surface area (Å²) in [6, 6.07) is 5.85. The van der Waals surface area contributed by atoms with Gasteiger partial charge in [-0.3, -0.25) is 9.59 Å². The molecule has 1 aliphatic rings. The van der Waals surface area contributed by atoms with Gasteiger partial charge in [-0.15, -0.1) is 0 Å². The highest BCUT2D eigenvalue weighted by atomic mass is 16.4. The van der Waals surface area contributed by atoms with Crippen LogP contribution in [0.4, 0.5) is 5.69 Å². The Balaban J connectivity index is 2.30. The Bertz CT molecular complexity index is 461. The van der Waals surface area contributed by atoms with Crippen molar-refractivity contribution in [2.24, 2.45) is 5.92 Å². The van der Waals surface area contributed by atoms with E-state index in [4.69, 9.17) is 5.11 Å². The quantitative estimate of drug-likeness (QED) is 0.791. The number of nitrogens with zero attached hydrogens (tertiary/aromatic N) is 1. The first-order valence-corrected chi connectivity index (χ1v) is 5.61. The fourth-order valence-corrected chi connectivity index (χ4v) is 2.27. The van der Waals surface area contributed by atoms with Gasteiger partial charge in [-0.05, 0) is 43.5 Å². The molecule has 1 saturated heterocycles. The van der Waals surface area contributed by atoms with E-state index in [0.717, 1.165) is 16.8 Å². The lowest BCUT2D eigenvalue weighted by Gasteiger charge is -2.17. The number of carbonyl (C=O) groups excluding carboxylic acids is 1. The Morgan fingerprint density at radius 3 is 2.35 bits per heavy atom. The SMILES string of the molecule is Cc1cc(C)cc(N2CC[C@H](C(=O)O)C2=O)c1. The van der Waals surface area contributed by atoms with E-state index in [1.165, 1.54) is 0 Å². The van der Waals surface area contributed by atoms with Crippen molar-refractivity contribution in [1.82, 2.24) is 0 Å². The summed E-state index contributed by atoms with van der Waals surface area (Å²) >= 11 is 0. The molecule has 0 unspecified atom stereocenters. The van der Waals surface area contributed by atoms with Crippen LogP contribution in [0.3, 0.4) is 0 Å². The van der Waals surface area contributed by atoms with Crippen molar-refractivity contribution >= 4 is 17.6 Å². The summed E-state index contributed by atoms with van der Waals surface area (Å²) in [5.41, 5.74) is 2.95. The summed E-state index contributed by atoms with van der Waals surface area (Å²) < 4.78 is 0. The van der Waals surface area contributed by atoms with Crippen LogP contribution in [0.25, 0.3) is 0 Å². The number of benzene rings is 1. The van der Waals surface area contributed by atoms with Crippen LogP contribution < -0.4 is 4.90 Å². The van der Waals surface area contributed by atoms with Gasteiger partial charge in [0, 0.05) is 12.2 Å². The molecule has 0 aromatic heterocycles. The zero-order valence-electron chi connectivity index (χ0n) is 9.93. The van der Waals surface area contributed by atoms with Gasteiger partial charge in [0.15, 0.2) is 0 Å². The normalized spacial score (nSPS) is 19.8. The number of aryl methyl sites for hydroxylation is 2. The molecule has 1 aromatic rings. The molecule has 0 bridgehead atoms. The Kier molecular flexibility index (Phi) is 2.88. The minimum Gasteiger partial charge on any atom is -0.481 e. The van der Waals surface area contributed by atoms with Gasteiger partial charge >= 0.3 is 5.97 Å². The minimum absolute atomic E-state index is 0.303. The highest BCUT2D eigenvalue weighted by Crippen LogP contribution is 2.27. The molecular formula is C13H15NO3. The molecule has 1 fully saturated rings. The summed E-state index contributed by atoms with van der Waals surface area (Å²) in [5, 5.41) is 8.91. The number of aliphatic carboxylic acids is 1. The van der Waals surface area contributed by atoms with Crippen molar-refractivity contribution in [2.75, 3.05) is 11.4 Å². The smallest absolute Gasteiger partial charge is 0.316 e. The van der Waals surface area contributed by atoms with E-state index >= 15 is 0 Å². The second-order valence-corrected chi connectivity index (χ2v) is 4.52. The lowest BCUT2D eigenvalue weighted by molar-refractivity contribution is -0.144. The Hall–Kier alpha value is -1.84. The number of amides is 1. The van der Waals surface area contributed by atoms with Crippen LogP contribution in [0.2, 0.25) is 0 Å². The minimum atomic E-state index is -1.03. The molecular weight excluding hydrogens is 218 g/mol. The maximum atomic E-state index is 11.9. The Morgan fingerprint density at radius 1 is 1.29 bits per heavy atom. The molecule has 90 valence electrons. The lowest BCUT2D eigenvalue weighted by Crippen LogP contribution is -2.30. The number of carboxylic acid groups (broad SMARTS) is 1. The number of anilines is 1. The van der Waals surface area contributed by atoms with Gasteiger partial charge in [-0.25, -0.2) is 0 Å². The molecule has 4 heteroatoms. The zero-order valence-corrected chi connectivity index (χ0v) is 9.93. The highest BCUT2D eigenvalue weighted by molar-refractivity contribution is 6.07. The summed E-state index contributed by atoms with van der Waals surface area (Å²) in [4.78, 5) is 24.4. The molecule has 0 saturated carbocycles. The van der Waals surface area contributed by atoms with Crippen LogP contribution in [0.15, 0.2) is 18.2 Å². The van der Waals surface area contributed by atoms with Crippen LogP contribution >= 0.6 is 0 Å². The number of hydrogen-bond donors (Lipinski definition) is 1. The van der Waals surface area contributed by atoms with Crippen LogP contribution in [0.1, 0.15) is 17.5 Å². The molecule has 1 aliphatic heterocycles. The topological polar surface area (TPSA) is 57.6 Å². The van der Waals surface area contributed by atoms with Gasteiger partial charge in [0.25, 0.3) is 0 Å². The Morgan fingerprint density at radius 2 is 1.88 bits per heavy atom. The predicted octanol–water partition coefficient (Wildman–Crippen LogP) is 1.74. The van der Waals surface area contributed by atoms with Gasteiger partial charge in [0.05, 0.1) is 0 Å². The van der Waals surface area contributed by atoms with Crippen LogP contribution in [0, 0.1) is 19.8 Å². The van der Waals surface area contributed by atoms with E-state index in [2.05, 4.69) is 0 Å². The van der Waals surface area contributed by atoms with Crippen molar-refractivity contribution in [3.05, 3.63) is 29.3 Å². The third-order valence-corrected chi connectivity index (χ3v) is 3.02. The second-order valence-electron chi connectivity index (χ2n) is 4.52. The standard InChI is InChI=1S/C13H15NO3/c1-8-5-9(2)7-10(6-8)14-4-3-11(12(14)15)13(16)17/h5-7,11H,3-4H2,1-2H3,(H,16,17)/t11-/m0/s1. The van der Waals surface area contributed by atoms with Crippen molar-refractivity contribution in [1.29, 1.82) is 0 Å². The second kappa shape index (κ2) is 4.20. The molecule has 17 heavy (non-hydrogen) atoms. The summed E-state index contributed by atoms with van der Waals surface area (Å²) in [6.07, 6.45) is 0.390. The molecule has 1 amide bonds. The van der Waals surface area contributed by atoms with Crippen LogP contribution in [-0.4, -0.2) is 23.5 Å². The fraction of sp³-hybridized carbons (Fsp3) is 0.385. The third-order valence-electron chi connectivity index (χ3n) is 3.02. The first-order chi connectivity index (χ1) is 7.99. The molecule has 1 N–H and O–H groups in total. The fourth-order valence-electron chi connectivity index (χ4n) is 2.27. The van der Waals surface area contributed by atoms with Gasteiger partial charge in [-0.2, -0.15) is 0 Å². The lowest BCUT2D eigenvalue weighted by atomic mass is 10.1. The molecule has 1 aromatic carbocycles. The van der Waals surface area contributed by atoms with Crippen molar-refractivity contribution < 1.29 is 14.7 Å². The molecule has 0 radical (unpaired) electrons. The van der Waals surface area contributed by atoms with Crippen LogP contribution in [-0.2, 0) is 9.59 Å². The van der Waals surface area contributed by atoms with Gasteiger partial charge in [0.1, 0.15) is 5.92 Å². The Labute approximate surface area is 99.9 Å². The van der Waals surface area contributed by atoms with Gasteiger partial charge < -0.3 is 10.0 Å². The summed E-state index contributed by atoms with van der Waals surface area (Å²) in [7, 11) is 0. The zero-order chi connectivity index (χ0) is 12.6. The van der Waals surface area contributed by atoms with E-state index in [-0.39, 0.29) is 5.91 Å². The molecule has 1 heterocycles. The first-order valence-electron chi connectivity index (χ1n) is 5.61. The monoisotopic (exact) mass is 233 g/mol. The summed E-state index contributed by atoms with van der Waals surface area (Å²) in [5.74, 6) is -2.21. The van der Waals surface area contributed by atoms with Crippen molar-refractivity contribution in [2.45, 2.75) is 20.3 Å². The van der Waals surface area contributed by atoms with E-state index in [1.54, 1.807) is 4.90 Å². The maximum absolute atomic E-state index is 11.9. The molecule has 0 aliphatic carbocycles. The predicted molar refractivity (Wildman–Crippen MR) is 64.0 cm³/mol. The third kappa shape index (κ3) is 2.16. The largest absolute Gasteiger partial charge is 0.481 e. The van der Waals surface area contributed by atoms with Crippen molar-refractivity contribution in [3.63, 3.8) is 0 Å². The van der Waals surface area contributed by atoms with E-state index < -0.39 is 11.9 Å². The van der Waals surface area contributed by atoms with Gasteiger partial charge in [-0.1, -0.05) is 6.07 Å². The molecule has 4 nitrogen and oxygen atoms in total. The van der Waals surface area contributed by atoms with E-state index in [0.29, 0.717) is 13.0 Å². The number of carbonyl (C=O) groups is 2.